The molecule has 0 atom stereocenters. The van der Waals surface area contributed by atoms with Crippen molar-refractivity contribution in [1.82, 2.24) is 4.57 Å². The monoisotopic (exact) mass is 507 g/mol. The van der Waals surface area contributed by atoms with E-state index < -0.39 is 6.09 Å². The Hall–Kier alpha value is -3.21. The Morgan fingerprint density at radius 3 is 2.58 bits per heavy atom. The van der Waals surface area contributed by atoms with Crippen molar-refractivity contribution in [3.05, 3.63) is 47.0 Å². The lowest BCUT2D eigenvalue weighted by Crippen LogP contribution is -2.25. The Morgan fingerprint density at radius 2 is 1.94 bits per heavy atom. The minimum Gasteiger partial charge on any atom is -0.490 e. The Morgan fingerprint density at radius 1 is 1.17 bits per heavy atom. The van der Waals surface area contributed by atoms with Gasteiger partial charge in [-0.05, 0) is 57.4 Å². The molecule has 7 nitrogen and oxygen atoms in total. The molecule has 1 saturated carbocycles. The van der Waals surface area contributed by atoms with E-state index in [0.29, 0.717) is 22.3 Å². The highest BCUT2D eigenvalue weighted by atomic mass is 35.5. The molecule has 1 amide bonds. The zero-order valence-corrected chi connectivity index (χ0v) is 21.3. The SMILES string of the molecule is CC(C)OC(=O)Nc1ccc(-c2c(C#N)c3ccc(OC4CCOCC4)cc3n2C2CCC2)cc1Cl. The Balaban J connectivity index is 1.55. The molecule has 1 N–H and O–H groups in total. The van der Waals surface area contributed by atoms with Crippen molar-refractivity contribution in [2.24, 2.45) is 0 Å². The average Bonchev–Trinajstić information content (AvgIpc) is 3.13. The minimum absolute atomic E-state index is 0.138. The second kappa shape index (κ2) is 10.4. The number of nitriles is 1. The van der Waals surface area contributed by atoms with Gasteiger partial charge in [0.05, 0.1) is 46.8 Å². The first-order chi connectivity index (χ1) is 17.4. The van der Waals surface area contributed by atoms with Gasteiger partial charge in [0, 0.05) is 35.9 Å². The van der Waals surface area contributed by atoms with Crippen LogP contribution in [0, 0.1) is 11.3 Å². The highest BCUT2D eigenvalue weighted by Gasteiger charge is 2.28. The molecular formula is C28H30ClN3O4. The van der Waals surface area contributed by atoms with Crippen molar-refractivity contribution in [2.75, 3.05) is 18.5 Å². The third-order valence-corrected chi connectivity index (χ3v) is 7.13. The summed E-state index contributed by atoms with van der Waals surface area (Å²) in [6.07, 6.45) is 4.37. The minimum atomic E-state index is -0.557. The van der Waals surface area contributed by atoms with E-state index in [1.807, 2.05) is 18.2 Å². The molecule has 2 aromatic carbocycles. The largest absolute Gasteiger partial charge is 0.490 e. The van der Waals surface area contributed by atoms with Crippen LogP contribution in [0.15, 0.2) is 36.4 Å². The normalized spacial score (nSPS) is 16.5. The number of nitrogens with zero attached hydrogens (tertiary/aromatic N) is 2. The van der Waals surface area contributed by atoms with Gasteiger partial charge in [-0.2, -0.15) is 5.26 Å². The fraction of sp³-hybridized carbons (Fsp3) is 0.429. The molecule has 2 heterocycles. The summed E-state index contributed by atoms with van der Waals surface area (Å²) in [6, 6.07) is 14.2. The van der Waals surface area contributed by atoms with Gasteiger partial charge in [-0.25, -0.2) is 4.79 Å². The summed E-state index contributed by atoms with van der Waals surface area (Å²) < 4.78 is 19.2. The molecule has 1 aromatic heterocycles. The molecule has 188 valence electrons. The number of anilines is 1. The van der Waals surface area contributed by atoms with Crippen LogP contribution < -0.4 is 10.1 Å². The summed E-state index contributed by atoms with van der Waals surface area (Å²) >= 11 is 6.57. The van der Waals surface area contributed by atoms with Crippen molar-refractivity contribution in [3.8, 4) is 23.1 Å². The molecular weight excluding hydrogens is 478 g/mol. The van der Waals surface area contributed by atoms with Crippen LogP contribution >= 0.6 is 11.6 Å². The maximum Gasteiger partial charge on any atom is 0.411 e. The van der Waals surface area contributed by atoms with Gasteiger partial charge in [0.15, 0.2) is 0 Å². The molecule has 36 heavy (non-hydrogen) atoms. The highest BCUT2D eigenvalue weighted by Crippen LogP contribution is 2.44. The fourth-order valence-corrected chi connectivity index (χ4v) is 5.12. The number of halogens is 1. The lowest BCUT2D eigenvalue weighted by molar-refractivity contribution is 0.0256. The molecule has 1 aliphatic carbocycles. The van der Waals surface area contributed by atoms with Gasteiger partial charge in [0.1, 0.15) is 17.9 Å². The number of amides is 1. The van der Waals surface area contributed by atoms with Gasteiger partial charge in [0.2, 0.25) is 0 Å². The van der Waals surface area contributed by atoms with Crippen LogP contribution in [0.2, 0.25) is 5.02 Å². The average molecular weight is 508 g/mol. The number of benzene rings is 2. The Bertz CT molecular complexity index is 1320. The number of rotatable bonds is 6. The lowest BCUT2D eigenvalue weighted by Gasteiger charge is -2.30. The summed E-state index contributed by atoms with van der Waals surface area (Å²) in [6.45, 7) is 5.00. The second-order valence-corrected chi connectivity index (χ2v) is 10.1. The summed E-state index contributed by atoms with van der Waals surface area (Å²) in [7, 11) is 0. The van der Waals surface area contributed by atoms with Gasteiger partial charge in [-0.15, -0.1) is 0 Å². The van der Waals surface area contributed by atoms with Gasteiger partial charge in [-0.1, -0.05) is 17.7 Å². The lowest BCUT2D eigenvalue weighted by atomic mass is 9.92. The predicted molar refractivity (Wildman–Crippen MR) is 140 cm³/mol. The number of hydrogen-bond donors (Lipinski definition) is 1. The van der Waals surface area contributed by atoms with Crippen molar-refractivity contribution in [2.45, 2.75) is 64.2 Å². The number of fused-ring (bicyclic) bond motifs is 1. The van der Waals surface area contributed by atoms with E-state index in [4.69, 9.17) is 25.8 Å². The molecule has 0 spiro atoms. The first kappa shape index (κ1) is 24.5. The number of aromatic nitrogens is 1. The predicted octanol–water partition coefficient (Wildman–Crippen LogP) is 7.07. The van der Waals surface area contributed by atoms with Gasteiger partial charge in [0.25, 0.3) is 0 Å². The molecule has 0 bridgehead atoms. The first-order valence-electron chi connectivity index (χ1n) is 12.5. The Labute approximate surface area is 215 Å². The molecule has 0 radical (unpaired) electrons. The van der Waals surface area contributed by atoms with Crippen molar-refractivity contribution in [3.63, 3.8) is 0 Å². The van der Waals surface area contributed by atoms with Crippen LogP contribution in [0.4, 0.5) is 10.5 Å². The quantitative estimate of drug-likeness (QED) is 0.385. The topological polar surface area (TPSA) is 85.5 Å². The van der Waals surface area contributed by atoms with Gasteiger partial charge < -0.3 is 18.8 Å². The van der Waals surface area contributed by atoms with E-state index in [1.54, 1.807) is 26.0 Å². The van der Waals surface area contributed by atoms with Crippen LogP contribution in [0.1, 0.15) is 57.6 Å². The van der Waals surface area contributed by atoms with E-state index in [0.717, 1.165) is 73.2 Å². The van der Waals surface area contributed by atoms with Gasteiger partial charge >= 0.3 is 6.09 Å². The fourth-order valence-electron chi connectivity index (χ4n) is 4.89. The number of carbonyl (C=O) groups is 1. The smallest absolute Gasteiger partial charge is 0.411 e. The zero-order chi connectivity index (χ0) is 25.2. The van der Waals surface area contributed by atoms with Crippen LogP contribution in [0.3, 0.4) is 0 Å². The number of nitrogens with one attached hydrogen (secondary N) is 1. The standard InChI is InChI=1S/C28H30ClN3O4/c1-17(2)35-28(33)31-25-9-6-18(14-24(25)29)27-23(16-30)22-8-7-21(36-20-10-12-34-13-11-20)15-26(22)32(27)19-4-3-5-19/h6-9,14-15,17,19-20H,3-5,10-13H2,1-2H3,(H,31,33). The summed E-state index contributed by atoms with van der Waals surface area (Å²) in [4.78, 5) is 12.1. The van der Waals surface area contributed by atoms with E-state index in [2.05, 4.69) is 22.0 Å². The van der Waals surface area contributed by atoms with Crippen LogP contribution in [0.25, 0.3) is 22.2 Å². The Kier molecular flexibility index (Phi) is 7.08. The van der Waals surface area contributed by atoms with Crippen LogP contribution in [-0.2, 0) is 9.47 Å². The molecule has 3 aromatic rings. The van der Waals surface area contributed by atoms with E-state index in [1.165, 1.54) is 0 Å². The molecule has 2 fully saturated rings. The zero-order valence-electron chi connectivity index (χ0n) is 20.6. The highest BCUT2D eigenvalue weighted by molar-refractivity contribution is 6.34. The second-order valence-electron chi connectivity index (χ2n) is 9.67. The molecule has 2 aliphatic rings. The van der Waals surface area contributed by atoms with E-state index in [-0.39, 0.29) is 12.2 Å². The summed E-state index contributed by atoms with van der Waals surface area (Å²) in [5.41, 5.74) is 3.75. The maximum atomic E-state index is 12.1. The third-order valence-electron chi connectivity index (χ3n) is 6.82. The summed E-state index contributed by atoms with van der Waals surface area (Å²) in [5, 5.41) is 14.2. The van der Waals surface area contributed by atoms with E-state index in [9.17, 15) is 10.1 Å². The molecule has 1 saturated heterocycles. The van der Waals surface area contributed by atoms with Crippen molar-refractivity contribution in [1.29, 1.82) is 5.26 Å². The van der Waals surface area contributed by atoms with E-state index >= 15 is 0 Å². The van der Waals surface area contributed by atoms with Crippen LogP contribution in [-0.4, -0.2) is 36.1 Å². The van der Waals surface area contributed by atoms with Gasteiger partial charge in [-0.3, -0.25) is 5.32 Å². The number of hydrogen-bond acceptors (Lipinski definition) is 5. The number of ether oxygens (including phenoxy) is 3. The first-order valence-corrected chi connectivity index (χ1v) is 12.9. The number of carbonyl (C=O) groups excluding carboxylic acids is 1. The maximum absolute atomic E-state index is 12.1. The molecule has 5 rings (SSSR count). The molecule has 0 unspecified atom stereocenters. The molecule has 8 heteroatoms. The van der Waals surface area contributed by atoms with Crippen LogP contribution in [0.5, 0.6) is 5.75 Å². The third kappa shape index (κ3) is 4.88. The van der Waals surface area contributed by atoms with Crippen molar-refractivity contribution < 1.29 is 19.0 Å². The summed E-state index contributed by atoms with van der Waals surface area (Å²) in [5.74, 6) is 0.810. The van der Waals surface area contributed by atoms with Crippen molar-refractivity contribution >= 4 is 34.3 Å². The molecule has 1 aliphatic heterocycles.